The number of nitrogens with one attached hydrogen (secondary N) is 1. The standard InChI is InChI=1S/C19H33NO4/c1-6-19(12-21,13-22)20-10-16(23)11-24-17-8-7-15(9-14(17)2)18(3,4)5/h7-9,16,20-23H,6,10-13H2,1-5H3/t16-/m1/s1. The van der Waals surface area contributed by atoms with Crippen LogP contribution >= 0.6 is 0 Å². The van der Waals surface area contributed by atoms with E-state index in [0.29, 0.717) is 6.42 Å². The van der Waals surface area contributed by atoms with Crippen molar-refractivity contribution in [3.8, 4) is 5.75 Å². The number of benzene rings is 1. The minimum atomic E-state index is -0.759. The molecule has 0 aliphatic heterocycles. The zero-order valence-electron chi connectivity index (χ0n) is 15.6. The largest absolute Gasteiger partial charge is 0.491 e. The Hall–Kier alpha value is -1.14. The molecule has 1 atom stereocenters. The zero-order chi connectivity index (χ0) is 18.4. The van der Waals surface area contributed by atoms with Gasteiger partial charge in [0, 0.05) is 6.54 Å². The van der Waals surface area contributed by atoms with Crippen LogP contribution in [0, 0.1) is 6.92 Å². The van der Waals surface area contributed by atoms with Crippen LogP contribution in [0.1, 0.15) is 45.2 Å². The molecule has 138 valence electrons. The Kier molecular flexibility index (Phi) is 7.67. The number of hydrogen-bond acceptors (Lipinski definition) is 5. The van der Waals surface area contributed by atoms with Crippen molar-refractivity contribution in [3.05, 3.63) is 29.3 Å². The number of ether oxygens (including phenoxy) is 1. The lowest BCUT2D eigenvalue weighted by atomic mass is 9.86. The maximum absolute atomic E-state index is 10.1. The van der Waals surface area contributed by atoms with E-state index < -0.39 is 11.6 Å². The second-order valence-electron chi connectivity index (χ2n) is 7.53. The summed E-state index contributed by atoms with van der Waals surface area (Å²) in [6.07, 6.45) is -0.156. The molecule has 5 heteroatoms. The lowest BCUT2D eigenvalue weighted by Gasteiger charge is -2.31. The molecule has 0 aromatic heterocycles. The van der Waals surface area contributed by atoms with Gasteiger partial charge in [0.1, 0.15) is 18.5 Å². The van der Waals surface area contributed by atoms with Crippen molar-refractivity contribution in [3.63, 3.8) is 0 Å². The smallest absolute Gasteiger partial charge is 0.122 e. The van der Waals surface area contributed by atoms with E-state index in [2.05, 4.69) is 32.2 Å². The van der Waals surface area contributed by atoms with Crippen LogP contribution in [0.4, 0.5) is 0 Å². The third-order valence-corrected chi connectivity index (χ3v) is 4.47. The van der Waals surface area contributed by atoms with Gasteiger partial charge in [-0.2, -0.15) is 0 Å². The molecule has 0 heterocycles. The highest BCUT2D eigenvalue weighted by Gasteiger charge is 2.26. The van der Waals surface area contributed by atoms with Crippen molar-refractivity contribution >= 4 is 0 Å². The third-order valence-electron chi connectivity index (χ3n) is 4.47. The minimum Gasteiger partial charge on any atom is -0.491 e. The first-order valence-corrected chi connectivity index (χ1v) is 8.56. The summed E-state index contributed by atoms with van der Waals surface area (Å²) in [5.74, 6) is 0.758. The van der Waals surface area contributed by atoms with Crippen LogP contribution in [-0.4, -0.2) is 53.3 Å². The molecule has 4 N–H and O–H groups in total. The van der Waals surface area contributed by atoms with Crippen molar-refractivity contribution in [2.24, 2.45) is 0 Å². The first-order valence-electron chi connectivity index (χ1n) is 8.56. The highest BCUT2D eigenvalue weighted by atomic mass is 16.5. The monoisotopic (exact) mass is 339 g/mol. The van der Waals surface area contributed by atoms with Crippen molar-refractivity contribution in [2.45, 2.75) is 58.1 Å². The Morgan fingerprint density at radius 3 is 2.25 bits per heavy atom. The molecule has 0 radical (unpaired) electrons. The molecule has 0 spiro atoms. The van der Waals surface area contributed by atoms with Crippen molar-refractivity contribution in [2.75, 3.05) is 26.4 Å². The topological polar surface area (TPSA) is 82.0 Å². The molecule has 1 rings (SSSR count). The number of rotatable bonds is 9. The molecule has 0 saturated carbocycles. The fourth-order valence-electron chi connectivity index (χ4n) is 2.37. The van der Waals surface area contributed by atoms with E-state index in [9.17, 15) is 15.3 Å². The van der Waals surface area contributed by atoms with Gasteiger partial charge in [-0.1, -0.05) is 39.8 Å². The first kappa shape index (κ1) is 20.9. The van der Waals surface area contributed by atoms with Crippen LogP contribution in [-0.2, 0) is 5.41 Å². The Morgan fingerprint density at radius 1 is 1.17 bits per heavy atom. The zero-order valence-corrected chi connectivity index (χ0v) is 15.6. The average molecular weight is 339 g/mol. The molecule has 0 bridgehead atoms. The normalized spacial score (nSPS) is 13.8. The number of hydrogen-bond donors (Lipinski definition) is 4. The van der Waals surface area contributed by atoms with Crippen LogP contribution in [0.3, 0.4) is 0 Å². The van der Waals surface area contributed by atoms with Crippen molar-refractivity contribution < 1.29 is 20.1 Å². The summed E-state index contributed by atoms with van der Waals surface area (Å²) in [7, 11) is 0. The predicted molar refractivity (Wildman–Crippen MR) is 96.6 cm³/mol. The predicted octanol–water partition coefficient (Wildman–Crippen LogP) is 1.76. The summed E-state index contributed by atoms with van der Waals surface area (Å²) in [5, 5.41) is 31.9. The molecule has 24 heavy (non-hydrogen) atoms. The number of aliphatic hydroxyl groups is 3. The summed E-state index contributed by atoms with van der Waals surface area (Å²) in [6, 6.07) is 6.10. The summed E-state index contributed by atoms with van der Waals surface area (Å²) in [4.78, 5) is 0. The highest BCUT2D eigenvalue weighted by molar-refractivity contribution is 5.38. The van der Waals surface area contributed by atoms with E-state index in [1.165, 1.54) is 5.56 Å². The van der Waals surface area contributed by atoms with Gasteiger partial charge in [-0.3, -0.25) is 0 Å². The minimum absolute atomic E-state index is 0.0881. The molecule has 0 fully saturated rings. The molecular formula is C19H33NO4. The van der Waals surface area contributed by atoms with E-state index in [0.717, 1.165) is 11.3 Å². The molecule has 0 saturated heterocycles. The van der Waals surface area contributed by atoms with E-state index in [1.54, 1.807) is 0 Å². The molecule has 0 aliphatic rings. The van der Waals surface area contributed by atoms with Gasteiger partial charge in [0.05, 0.1) is 18.8 Å². The van der Waals surface area contributed by atoms with Crippen LogP contribution in [0.5, 0.6) is 5.75 Å². The van der Waals surface area contributed by atoms with Crippen LogP contribution in [0.25, 0.3) is 0 Å². The molecule has 0 aliphatic carbocycles. The number of aryl methyl sites for hydroxylation is 1. The van der Waals surface area contributed by atoms with E-state index in [4.69, 9.17) is 4.74 Å². The van der Waals surface area contributed by atoms with Crippen molar-refractivity contribution in [1.82, 2.24) is 5.32 Å². The number of β-amino-alcohol motifs (C(OH)–C–C–N with tert-alkyl or cyclic N) is 1. The lowest BCUT2D eigenvalue weighted by Crippen LogP contribution is -2.54. The molecule has 0 amide bonds. The van der Waals surface area contributed by atoms with Gasteiger partial charge in [-0.05, 0) is 36.0 Å². The highest BCUT2D eigenvalue weighted by Crippen LogP contribution is 2.27. The third kappa shape index (κ3) is 5.74. The first-order chi connectivity index (χ1) is 11.2. The molecule has 1 aromatic rings. The van der Waals surface area contributed by atoms with E-state index in [-0.39, 0.29) is 31.8 Å². The summed E-state index contributed by atoms with van der Waals surface area (Å²) in [6.45, 7) is 10.4. The maximum Gasteiger partial charge on any atom is 0.122 e. The van der Waals surface area contributed by atoms with Gasteiger partial charge < -0.3 is 25.4 Å². The fourth-order valence-corrected chi connectivity index (χ4v) is 2.37. The van der Waals surface area contributed by atoms with Gasteiger partial charge in [0.2, 0.25) is 0 Å². The molecule has 1 aromatic carbocycles. The fraction of sp³-hybridized carbons (Fsp3) is 0.684. The van der Waals surface area contributed by atoms with Gasteiger partial charge in [0.15, 0.2) is 0 Å². The molecular weight excluding hydrogens is 306 g/mol. The van der Waals surface area contributed by atoms with Crippen LogP contribution in [0.15, 0.2) is 18.2 Å². The Bertz CT molecular complexity index is 498. The maximum atomic E-state index is 10.1. The summed E-state index contributed by atoms with van der Waals surface area (Å²) < 4.78 is 5.72. The quantitative estimate of drug-likeness (QED) is 0.551. The van der Waals surface area contributed by atoms with Gasteiger partial charge in [-0.25, -0.2) is 0 Å². The van der Waals surface area contributed by atoms with Gasteiger partial charge >= 0.3 is 0 Å². The second-order valence-corrected chi connectivity index (χ2v) is 7.53. The Labute approximate surface area is 145 Å². The lowest BCUT2D eigenvalue weighted by molar-refractivity contribution is 0.0567. The van der Waals surface area contributed by atoms with Gasteiger partial charge in [0.25, 0.3) is 0 Å². The molecule has 5 nitrogen and oxygen atoms in total. The summed E-state index contributed by atoms with van der Waals surface area (Å²) in [5.41, 5.74) is 1.61. The van der Waals surface area contributed by atoms with Crippen LogP contribution in [0.2, 0.25) is 0 Å². The molecule has 0 unspecified atom stereocenters. The van der Waals surface area contributed by atoms with Crippen LogP contribution < -0.4 is 10.1 Å². The van der Waals surface area contributed by atoms with E-state index in [1.807, 2.05) is 26.0 Å². The SMILES string of the molecule is CCC(CO)(CO)NC[C@@H](O)COc1ccc(C(C)(C)C)cc1C. The van der Waals surface area contributed by atoms with Crippen molar-refractivity contribution in [1.29, 1.82) is 0 Å². The Balaban J connectivity index is 2.57. The number of aliphatic hydroxyl groups excluding tert-OH is 3. The Morgan fingerprint density at radius 2 is 1.79 bits per heavy atom. The van der Waals surface area contributed by atoms with Gasteiger partial charge in [-0.15, -0.1) is 0 Å². The second kappa shape index (κ2) is 8.81. The summed E-state index contributed by atoms with van der Waals surface area (Å²) >= 11 is 0. The van der Waals surface area contributed by atoms with E-state index >= 15 is 0 Å². The average Bonchev–Trinajstić information content (AvgIpc) is 2.54.